The summed E-state index contributed by atoms with van der Waals surface area (Å²) in [5.41, 5.74) is 1.97. The number of aryl methyl sites for hydroxylation is 1. The third-order valence-electron chi connectivity index (χ3n) is 5.46. The molecule has 26 heavy (non-hydrogen) atoms. The normalized spacial score (nSPS) is 18.8. The number of benzene rings is 2. The number of hydrogen-bond donors (Lipinski definition) is 0. The quantitative estimate of drug-likeness (QED) is 0.473. The summed E-state index contributed by atoms with van der Waals surface area (Å²) in [4.78, 5) is 4.44. The SMILES string of the molecule is Cc1ccc(N=Cc2ccc(C3=[N+]([O-])C(C)(C)C(C)(C)N3[O])cc2)cc1. The van der Waals surface area contributed by atoms with E-state index in [0.717, 1.165) is 21.1 Å². The summed E-state index contributed by atoms with van der Waals surface area (Å²) in [6.07, 6.45) is 1.77. The molecule has 5 nitrogen and oxygen atoms in total. The van der Waals surface area contributed by atoms with Crippen LogP contribution in [0, 0.1) is 12.1 Å². The van der Waals surface area contributed by atoms with Gasteiger partial charge in [0, 0.05) is 11.4 Å². The molecule has 0 amide bonds. The molecule has 0 fully saturated rings. The lowest BCUT2D eigenvalue weighted by atomic mass is 9.84. The number of aliphatic imine (C=N–C) groups is 1. The fourth-order valence-electron chi connectivity index (χ4n) is 2.84. The zero-order chi connectivity index (χ0) is 19.1. The summed E-state index contributed by atoms with van der Waals surface area (Å²) < 4.78 is 0.829. The van der Waals surface area contributed by atoms with Crippen LogP contribution in [0.2, 0.25) is 0 Å². The van der Waals surface area contributed by atoms with E-state index in [1.807, 2.05) is 43.3 Å². The summed E-state index contributed by atoms with van der Waals surface area (Å²) in [5.74, 6) is 0.155. The van der Waals surface area contributed by atoms with Crippen molar-refractivity contribution in [2.45, 2.75) is 45.7 Å². The summed E-state index contributed by atoms with van der Waals surface area (Å²) in [6, 6.07) is 15.3. The first kappa shape index (κ1) is 18.1. The largest absolute Gasteiger partial charge is 0.714 e. The molecule has 0 bridgehead atoms. The van der Waals surface area contributed by atoms with Crippen LogP contribution in [-0.2, 0) is 5.21 Å². The van der Waals surface area contributed by atoms with E-state index in [-0.39, 0.29) is 5.84 Å². The van der Waals surface area contributed by atoms with Gasteiger partial charge < -0.3 is 5.21 Å². The van der Waals surface area contributed by atoms with Crippen molar-refractivity contribution in [2.75, 3.05) is 0 Å². The molecule has 5 heteroatoms. The lowest BCUT2D eigenvalue weighted by molar-refractivity contribution is -0.539. The molecular weight excluding hydrogens is 326 g/mol. The number of nitrogens with zero attached hydrogens (tertiary/aromatic N) is 3. The minimum absolute atomic E-state index is 0.155. The molecule has 2 aromatic rings. The molecule has 3 rings (SSSR count). The van der Waals surface area contributed by atoms with Crippen LogP contribution < -0.4 is 0 Å². The summed E-state index contributed by atoms with van der Waals surface area (Å²) in [5, 5.41) is 26.2. The van der Waals surface area contributed by atoms with Crippen molar-refractivity contribution in [3.05, 3.63) is 70.4 Å². The van der Waals surface area contributed by atoms with E-state index in [1.54, 1.807) is 46.0 Å². The van der Waals surface area contributed by atoms with Crippen LogP contribution in [0.5, 0.6) is 0 Å². The maximum atomic E-state index is 12.7. The molecular formula is C21H24N3O2. The summed E-state index contributed by atoms with van der Waals surface area (Å²) in [7, 11) is 0. The molecule has 1 aliphatic rings. The zero-order valence-corrected chi connectivity index (χ0v) is 15.9. The van der Waals surface area contributed by atoms with E-state index in [9.17, 15) is 10.4 Å². The molecule has 0 unspecified atom stereocenters. The summed E-state index contributed by atoms with van der Waals surface area (Å²) in [6.45, 7) is 9.20. The highest BCUT2D eigenvalue weighted by Gasteiger charge is 2.59. The minimum atomic E-state index is -0.810. The van der Waals surface area contributed by atoms with E-state index >= 15 is 0 Å². The van der Waals surface area contributed by atoms with Crippen molar-refractivity contribution < 1.29 is 9.95 Å². The van der Waals surface area contributed by atoms with Gasteiger partial charge in [0.25, 0.3) is 0 Å². The van der Waals surface area contributed by atoms with Crippen LogP contribution in [0.3, 0.4) is 0 Å². The first-order valence-corrected chi connectivity index (χ1v) is 8.67. The highest BCUT2D eigenvalue weighted by molar-refractivity contribution is 5.96. The average Bonchev–Trinajstić information content (AvgIpc) is 2.73. The maximum absolute atomic E-state index is 12.7. The van der Waals surface area contributed by atoms with Crippen molar-refractivity contribution in [2.24, 2.45) is 4.99 Å². The lowest BCUT2D eigenvalue weighted by Gasteiger charge is -2.32. The number of amidine groups is 1. The van der Waals surface area contributed by atoms with Crippen molar-refractivity contribution in [1.29, 1.82) is 0 Å². The predicted octanol–water partition coefficient (Wildman–Crippen LogP) is 4.22. The first-order valence-electron chi connectivity index (χ1n) is 8.67. The van der Waals surface area contributed by atoms with Gasteiger partial charge in [-0.05, 0) is 64.4 Å². The van der Waals surface area contributed by atoms with Crippen molar-refractivity contribution in [1.82, 2.24) is 5.06 Å². The topological polar surface area (TPSA) is 61.6 Å². The molecule has 0 saturated heterocycles. The van der Waals surface area contributed by atoms with Gasteiger partial charge in [0.2, 0.25) is 0 Å². The van der Waals surface area contributed by atoms with Gasteiger partial charge in [-0.15, -0.1) is 0 Å². The molecule has 0 saturated carbocycles. The molecule has 1 aliphatic heterocycles. The van der Waals surface area contributed by atoms with Gasteiger partial charge in [-0.3, -0.25) is 9.73 Å². The van der Waals surface area contributed by atoms with Crippen molar-refractivity contribution >= 4 is 17.7 Å². The molecule has 0 aromatic heterocycles. The number of hydroxylamine groups is 3. The third kappa shape index (κ3) is 2.88. The smallest absolute Gasteiger partial charge is 0.316 e. The average molecular weight is 350 g/mol. The number of hydrogen-bond acceptors (Lipinski definition) is 3. The highest BCUT2D eigenvalue weighted by atomic mass is 16.5. The van der Waals surface area contributed by atoms with E-state index in [0.29, 0.717) is 5.56 Å². The monoisotopic (exact) mass is 350 g/mol. The molecule has 1 radical (unpaired) electrons. The predicted molar refractivity (Wildman–Crippen MR) is 103 cm³/mol. The minimum Gasteiger partial charge on any atom is -0.714 e. The Morgan fingerprint density at radius 2 is 1.58 bits per heavy atom. The van der Waals surface area contributed by atoms with Crippen LogP contribution in [-0.4, -0.2) is 32.9 Å². The van der Waals surface area contributed by atoms with Crippen LogP contribution >= 0.6 is 0 Å². The van der Waals surface area contributed by atoms with Crippen LogP contribution in [0.25, 0.3) is 0 Å². The standard InChI is InChI=1S/C21H24N3O2/c1-15-6-12-18(13-7-15)22-14-16-8-10-17(11-9-16)19-23(25)20(2,3)21(4,5)24(19)26/h6-14H,1-5H3. The molecule has 0 N–H and O–H groups in total. The Labute approximate surface area is 154 Å². The van der Waals surface area contributed by atoms with Gasteiger partial charge in [-0.2, -0.15) is 0 Å². The van der Waals surface area contributed by atoms with Gasteiger partial charge in [0.15, 0.2) is 5.54 Å². The molecule has 2 aromatic carbocycles. The second-order valence-corrected chi connectivity index (χ2v) is 7.75. The molecule has 0 spiro atoms. The molecule has 0 aliphatic carbocycles. The Balaban J connectivity index is 1.86. The van der Waals surface area contributed by atoms with E-state index in [4.69, 9.17) is 0 Å². The zero-order valence-electron chi connectivity index (χ0n) is 15.9. The van der Waals surface area contributed by atoms with Gasteiger partial charge in [0.1, 0.15) is 5.54 Å². The fraction of sp³-hybridized carbons (Fsp3) is 0.333. The van der Waals surface area contributed by atoms with E-state index < -0.39 is 11.1 Å². The second kappa shape index (κ2) is 6.25. The second-order valence-electron chi connectivity index (χ2n) is 7.75. The van der Waals surface area contributed by atoms with Crippen molar-refractivity contribution in [3.63, 3.8) is 0 Å². The Hall–Kier alpha value is -2.66. The molecule has 1 heterocycles. The van der Waals surface area contributed by atoms with E-state index in [2.05, 4.69) is 4.99 Å². The fourth-order valence-corrected chi connectivity index (χ4v) is 2.84. The third-order valence-corrected chi connectivity index (χ3v) is 5.46. The lowest BCUT2D eigenvalue weighted by Crippen LogP contribution is -2.53. The Morgan fingerprint density at radius 1 is 1.00 bits per heavy atom. The van der Waals surface area contributed by atoms with Crippen LogP contribution in [0.15, 0.2) is 53.5 Å². The van der Waals surface area contributed by atoms with Gasteiger partial charge >= 0.3 is 5.84 Å². The van der Waals surface area contributed by atoms with E-state index in [1.165, 1.54) is 5.56 Å². The Kier molecular flexibility index (Phi) is 4.36. The summed E-state index contributed by atoms with van der Waals surface area (Å²) >= 11 is 0. The van der Waals surface area contributed by atoms with Gasteiger partial charge in [0.05, 0.1) is 11.3 Å². The Morgan fingerprint density at radius 3 is 2.08 bits per heavy atom. The van der Waals surface area contributed by atoms with Crippen LogP contribution in [0.4, 0.5) is 5.69 Å². The first-order chi connectivity index (χ1) is 12.1. The maximum Gasteiger partial charge on any atom is 0.316 e. The van der Waals surface area contributed by atoms with Gasteiger partial charge in [-0.25, -0.2) is 0 Å². The number of rotatable bonds is 3. The molecule has 0 atom stereocenters. The molecule has 135 valence electrons. The van der Waals surface area contributed by atoms with Gasteiger partial charge in [-0.1, -0.05) is 34.9 Å². The van der Waals surface area contributed by atoms with Crippen LogP contribution in [0.1, 0.15) is 44.4 Å². The highest BCUT2D eigenvalue weighted by Crippen LogP contribution is 2.37. The van der Waals surface area contributed by atoms with Crippen molar-refractivity contribution in [3.8, 4) is 0 Å². The Bertz CT molecular complexity index is 863.